The molecule has 0 N–H and O–H groups in total. The molecule has 2 heterocycles. The normalized spacial score (nSPS) is 23.1. The fourth-order valence-corrected chi connectivity index (χ4v) is 4.90. The molecule has 7 heteroatoms. The summed E-state index contributed by atoms with van der Waals surface area (Å²) < 4.78 is 31.5. The number of hydrogen-bond acceptors (Lipinski definition) is 4. The van der Waals surface area contributed by atoms with Gasteiger partial charge in [-0.25, -0.2) is 4.39 Å². The fourth-order valence-electron chi connectivity index (χ4n) is 4.46. The number of rotatable bonds is 6. The van der Waals surface area contributed by atoms with Crippen LogP contribution in [0, 0.1) is 17.7 Å². The number of benzene rings is 2. The average Bonchev–Trinajstić information content (AvgIpc) is 3.42. The Morgan fingerprint density at radius 1 is 1.07 bits per heavy atom. The molecule has 30 heavy (non-hydrogen) atoms. The van der Waals surface area contributed by atoms with Crippen LogP contribution in [0.3, 0.4) is 0 Å². The third-order valence-electron chi connectivity index (χ3n) is 6.21. The first kappa shape index (κ1) is 21.7. The van der Waals surface area contributed by atoms with E-state index in [1.54, 1.807) is 12.1 Å². The van der Waals surface area contributed by atoms with Gasteiger partial charge in [-0.05, 0) is 71.3 Å². The highest BCUT2D eigenvalue weighted by Gasteiger charge is 2.34. The first-order valence-corrected chi connectivity index (χ1v) is 11.1. The second-order valence-corrected chi connectivity index (χ2v) is 9.21. The Balaban J connectivity index is 0.00000218. The van der Waals surface area contributed by atoms with Gasteiger partial charge in [0.25, 0.3) is 0 Å². The van der Waals surface area contributed by atoms with Crippen LogP contribution in [0.15, 0.2) is 40.9 Å². The summed E-state index contributed by atoms with van der Waals surface area (Å²) >= 11 is 3.58. The van der Waals surface area contributed by atoms with Crippen LogP contribution in [-0.4, -0.2) is 37.9 Å². The van der Waals surface area contributed by atoms with E-state index in [2.05, 4.69) is 20.8 Å². The highest BCUT2D eigenvalue weighted by atomic mass is 79.9. The molecular formula is C23H26BrClFNO3. The lowest BCUT2D eigenvalue weighted by Gasteiger charge is -2.39. The molecule has 3 aliphatic rings. The molecule has 2 atom stereocenters. The van der Waals surface area contributed by atoms with E-state index in [0.717, 1.165) is 47.1 Å². The van der Waals surface area contributed by atoms with Gasteiger partial charge in [-0.3, -0.25) is 0 Å². The summed E-state index contributed by atoms with van der Waals surface area (Å²) in [5, 5.41) is 0. The molecule has 0 aromatic heterocycles. The lowest BCUT2D eigenvalue weighted by atomic mass is 9.80. The van der Waals surface area contributed by atoms with Gasteiger partial charge in [-0.15, -0.1) is 12.4 Å². The van der Waals surface area contributed by atoms with Crippen molar-refractivity contribution in [3.63, 3.8) is 0 Å². The maximum atomic E-state index is 13.4. The van der Waals surface area contributed by atoms with Gasteiger partial charge in [-0.2, -0.15) is 0 Å². The van der Waals surface area contributed by atoms with Crippen molar-refractivity contribution in [1.82, 2.24) is 4.90 Å². The predicted octanol–water partition coefficient (Wildman–Crippen LogP) is 5.63. The number of halogens is 3. The Labute approximate surface area is 191 Å². The molecule has 0 amide bonds. The highest BCUT2D eigenvalue weighted by molar-refractivity contribution is 9.10. The van der Waals surface area contributed by atoms with Gasteiger partial charge in [-0.1, -0.05) is 12.1 Å². The molecule has 2 aromatic rings. The molecule has 5 rings (SSSR count). The third-order valence-corrected chi connectivity index (χ3v) is 6.83. The molecule has 0 bridgehead atoms. The first-order valence-electron chi connectivity index (χ1n) is 10.4. The van der Waals surface area contributed by atoms with Crippen LogP contribution >= 0.6 is 28.3 Å². The zero-order valence-corrected chi connectivity index (χ0v) is 19.1. The minimum atomic E-state index is -0.183. The quantitative estimate of drug-likeness (QED) is 0.516. The standard InChI is InChI=1S/C23H25BrFNO3.ClH/c24-20-9-22-23(29-14-28-22)10-21(20)27-13-17-12-26(11-15-1-2-15)8-7-19(17)16-3-5-18(25)6-4-16;/h3-6,9-10,15,17,19H,1-2,7-8,11-14H2;1H/t17-,19-;/m1./s1. The van der Waals surface area contributed by atoms with Crippen molar-refractivity contribution in [2.24, 2.45) is 11.8 Å². The minimum Gasteiger partial charge on any atom is -0.492 e. The predicted molar refractivity (Wildman–Crippen MR) is 119 cm³/mol. The highest BCUT2D eigenvalue weighted by Crippen LogP contribution is 2.42. The molecule has 2 aliphatic heterocycles. The Kier molecular flexibility index (Phi) is 6.75. The van der Waals surface area contributed by atoms with Crippen LogP contribution in [0.1, 0.15) is 30.7 Å². The molecular weight excluding hydrogens is 473 g/mol. The van der Waals surface area contributed by atoms with E-state index in [1.807, 2.05) is 24.3 Å². The second-order valence-electron chi connectivity index (χ2n) is 8.36. The summed E-state index contributed by atoms with van der Waals surface area (Å²) in [5.74, 6) is 3.65. The summed E-state index contributed by atoms with van der Waals surface area (Å²) in [6.07, 6.45) is 3.81. The molecule has 2 fully saturated rings. The average molecular weight is 499 g/mol. The van der Waals surface area contributed by atoms with Gasteiger partial charge in [0.05, 0.1) is 11.1 Å². The third kappa shape index (κ3) is 4.87. The Bertz CT molecular complexity index is 877. The van der Waals surface area contributed by atoms with Crippen molar-refractivity contribution in [2.45, 2.75) is 25.2 Å². The van der Waals surface area contributed by atoms with Crippen LogP contribution in [0.2, 0.25) is 0 Å². The maximum Gasteiger partial charge on any atom is 0.231 e. The van der Waals surface area contributed by atoms with Crippen LogP contribution in [-0.2, 0) is 0 Å². The molecule has 1 aliphatic carbocycles. The van der Waals surface area contributed by atoms with Gasteiger partial charge in [0, 0.05) is 31.1 Å². The van der Waals surface area contributed by atoms with Crippen molar-refractivity contribution < 1.29 is 18.6 Å². The van der Waals surface area contributed by atoms with Crippen LogP contribution < -0.4 is 14.2 Å². The van der Waals surface area contributed by atoms with Gasteiger partial charge < -0.3 is 19.1 Å². The van der Waals surface area contributed by atoms with Crippen molar-refractivity contribution in [1.29, 1.82) is 0 Å². The molecule has 2 aromatic carbocycles. The molecule has 162 valence electrons. The SMILES string of the molecule is Cl.Fc1ccc([C@H]2CCN(CC3CC3)C[C@@H]2COc2cc3c(cc2Br)OCO3)cc1. The van der Waals surface area contributed by atoms with Crippen molar-refractivity contribution >= 4 is 28.3 Å². The van der Waals surface area contributed by atoms with Crippen LogP contribution in [0.25, 0.3) is 0 Å². The summed E-state index contributed by atoms with van der Waals surface area (Å²) in [6.45, 7) is 4.17. The Morgan fingerprint density at radius 3 is 2.53 bits per heavy atom. The zero-order valence-electron chi connectivity index (χ0n) is 16.7. The number of fused-ring (bicyclic) bond motifs is 1. The van der Waals surface area contributed by atoms with Gasteiger partial charge in [0.1, 0.15) is 11.6 Å². The second kappa shape index (κ2) is 9.33. The summed E-state index contributed by atoms with van der Waals surface area (Å²) in [7, 11) is 0. The molecule has 0 radical (unpaired) electrons. The van der Waals surface area contributed by atoms with Crippen LogP contribution in [0.5, 0.6) is 17.2 Å². The van der Waals surface area contributed by atoms with Gasteiger partial charge in [0.2, 0.25) is 6.79 Å². The van der Waals surface area contributed by atoms with Crippen molar-refractivity contribution in [2.75, 3.05) is 33.0 Å². The number of likely N-dealkylation sites (tertiary alicyclic amines) is 1. The van der Waals surface area contributed by atoms with Crippen LogP contribution in [0.4, 0.5) is 4.39 Å². The summed E-state index contributed by atoms with van der Waals surface area (Å²) in [5.41, 5.74) is 1.20. The van der Waals surface area contributed by atoms with Crippen molar-refractivity contribution in [3.05, 3.63) is 52.3 Å². The minimum absolute atomic E-state index is 0. The van der Waals surface area contributed by atoms with E-state index in [4.69, 9.17) is 14.2 Å². The van der Waals surface area contributed by atoms with E-state index in [1.165, 1.54) is 24.9 Å². The topological polar surface area (TPSA) is 30.9 Å². The van der Waals surface area contributed by atoms with E-state index in [-0.39, 0.29) is 25.0 Å². The lowest BCUT2D eigenvalue weighted by molar-refractivity contribution is 0.107. The van der Waals surface area contributed by atoms with Gasteiger partial charge in [0.15, 0.2) is 11.5 Å². The number of ether oxygens (including phenoxy) is 3. The fraction of sp³-hybridized carbons (Fsp3) is 0.478. The smallest absolute Gasteiger partial charge is 0.231 e. The van der Waals surface area contributed by atoms with E-state index in [9.17, 15) is 4.39 Å². The molecule has 1 saturated carbocycles. The summed E-state index contributed by atoms with van der Waals surface area (Å²) in [4.78, 5) is 2.58. The zero-order chi connectivity index (χ0) is 19.8. The monoisotopic (exact) mass is 497 g/mol. The largest absolute Gasteiger partial charge is 0.492 e. The maximum absolute atomic E-state index is 13.4. The molecule has 0 unspecified atom stereocenters. The first-order chi connectivity index (χ1) is 14.2. The Hall–Kier alpha value is -1.50. The van der Waals surface area contributed by atoms with Crippen molar-refractivity contribution in [3.8, 4) is 17.2 Å². The van der Waals surface area contributed by atoms with E-state index < -0.39 is 0 Å². The number of nitrogens with zero attached hydrogens (tertiary/aromatic N) is 1. The lowest BCUT2D eigenvalue weighted by Crippen LogP contribution is -2.42. The van der Waals surface area contributed by atoms with E-state index in [0.29, 0.717) is 18.4 Å². The number of hydrogen-bond donors (Lipinski definition) is 0. The van der Waals surface area contributed by atoms with Gasteiger partial charge >= 0.3 is 0 Å². The van der Waals surface area contributed by atoms with E-state index >= 15 is 0 Å². The number of piperidine rings is 1. The molecule has 1 saturated heterocycles. The molecule has 0 spiro atoms. The Morgan fingerprint density at radius 2 is 1.80 bits per heavy atom. The summed E-state index contributed by atoms with van der Waals surface area (Å²) in [6, 6.07) is 10.8. The molecule has 4 nitrogen and oxygen atoms in total.